The van der Waals surface area contributed by atoms with Crippen molar-refractivity contribution >= 4 is 33.7 Å². The second-order valence-corrected chi connectivity index (χ2v) is 8.03. The van der Waals surface area contributed by atoms with Gasteiger partial charge in [0.1, 0.15) is 16.5 Å². The predicted molar refractivity (Wildman–Crippen MR) is 124 cm³/mol. The minimum atomic E-state index is -1.15. The van der Waals surface area contributed by atoms with Crippen molar-refractivity contribution in [2.24, 2.45) is 0 Å². The van der Waals surface area contributed by atoms with Crippen molar-refractivity contribution in [2.45, 2.75) is 26.0 Å². The summed E-state index contributed by atoms with van der Waals surface area (Å²) in [7, 11) is 0. The molecule has 0 saturated heterocycles. The Kier molecular flexibility index (Phi) is 4.75. The van der Waals surface area contributed by atoms with Crippen molar-refractivity contribution in [3.63, 3.8) is 0 Å². The highest BCUT2D eigenvalue weighted by molar-refractivity contribution is 5.80. The lowest BCUT2D eigenvalue weighted by Gasteiger charge is -2.18. The van der Waals surface area contributed by atoms with Crippen LogP contribution in [-0.2, 0) is 12.1 Å². The normalized spacial score (nSPS) is 11.8. The molecule has 33 heavy (non-hydrogen) atoms. The third-order valence-electron chi connectivity index (χ3n) is 5.14. The number of rotatable bonds is 6. The molecule has 0 saturated carbocycles. The fourth-order valence-corrected chi connectivity index (χ4v) is 3.54. The fraction of sp³-hybridized carbons (Fsp3) is 0.182. The van der Waals surface area contributed by atoms with E-state index in [1.165, 1.54) is 10.9 Å². The minimum Gasteiger partial charge on any atom is -0.384 e. The molecular weight excluding hydrogens is 422 g/mol. The summed E-state index contributed by atoms with van der Waals surface area (Å²) in [4.78, 5) is 26.6. The summed E-state index contributed by atoms with van der Waals surface area (Å²) in [6.45, 7) is 7.31. The zero-order valence-corrected chi connectivity index (χ0v) is 18.0. The van der Waals surface area contributed by atoms with E-state index >= 15 is 0 Å². The van der Waals surface area contributed by atoms with Gasteiger partial charge in [-0.2, -0.15) is 4.98 Å². The second-order valence-electron chi connectivity index (χ2n) is 8.03. The highest BCUT2D eigenvalue weighted by Gasteiger charge is 2.21. The molecule has 0 unspecified atom stereocenters. The Hall–Kier alpha value is -4.38. The van der Waals surface area contributed by atoms with Gasteiger partial charge < -0.3 is 10.4 Å². The van der Waals surface area contributed by atoms with Crippen molar-refractivity contribution in [2.75, 3.05) is 5.32 Å². The molecule has 0 amide bonds. The monoisotopic (exact) mass is 443 g/mol. The average Bonchev–Trinajstić information content (AvgIpc) is 3.36. The first kappa shape index (κ1) is 20.5. The summed E-state index contributed by atoms with van der Waals surface area (Å²) in [5, 5.41) is 24.5. The number of fused-ring (bicyclic) bond motifs is 2. The number of H-pyrrole nitrogens is 1. The molecule has 1 aromatic carbocycles. The van der Waals surface area contributed by atoms with E-state index in [2.05, 4.69) is 42.3 Å². The number of nitrogens with one attached hydrogen (secondary N) is 2. The molecule has 3 N–H and O–H groups in total. The Balaban J connectivity index is 1.66. The first-order valence-corrected chi connectivity index (χ1v) is 10.2. The van der Waals surface area contributed by atoms with Crippen LogP contribution < -0.4 is 10.9 Å². The van der Waals surface area contributed by atoms with Crippen LogP contribution in [0.2, 0.25) is 0 Å². The van der Waals surface area contributed by atoms with Gasteiger partial charge in [-0.15, -0.1) is 11.7 Å². The van der Waals surface area contributed by atoms with Gasteiger partial charge in [-0.1, -0.05) is 17.4 Å². The lowest BCUT2D eigenvalue weighted by Crippen LogP contribution is -2.23. The molecule has 0 aliphatic heterocycles. The molecule has 5 rings (SSSR count). The summed E-state index contributed by atoms with van der Waals surface area (Å²) in [5.41, 5.74) is 1.65. The van der Waals surface area contributed by atoms with Crippen molar-refractivity contribution in [3.8, 4) is 5.82 Å². The Bertz CT molecular complexity index is 1560. The smallest absolute Gasteiger partial charge is 0.278 e. The number of allylic oxidation sites excluding steroid dienone is 1. The van der Waals surface area contributed by atoms with Crippen LogP contribution in [0.3, 0.4) is 0 Å². The SMILES string of the molecule is C=CCn1c(=O)c2cnc(Nc3ccc4[nH]nnc4c3)nc2n1-c1cccc(C(C)(C)O)n1. The van der Waals surface area contributed by atoms with E-state index in [0.717, 1.165) is 11.2 Å². The van der Waals surface area contributed by atoms with Gasteiger partial charge >= 0.3 is 0 Å². The molecule has 0 fully saturated rings. The largest absolute Gasteiger partial charge is 0.384 e. The summed E-state index contributed by atoms with van der Waals surface area (Å²) in [5.74, 6) is 0.741. The van der Waals surface area contributed by atoms with Gasteiger partial charge in [-0.3, -0.25) is 9.89 Å². The zero-order valence-electron chi connectivity index (χ0n) is 18.0. The average molecular weight is 443 g/mol. The maximum absolute atomic E-state index is 13.1. The molecule has 11 heteroatoms. The van der Waals surface area contributed by atoms with E-state index in [0.29, 0.717) is 34.0 Å². The number of nitrogens with zero attached hydrogens (tertiary/aromatic N) is 7. The van der Waals surface area contributed by atoms with Crippen LogP contribution in [0.4, 0.5) is 11.6 Å². The third kappa shape index (κ3) is 3.64. The summed E-state index contributed by atoms with van der Waals surface area (Å²) >= 11 is 0. The Labute approximate surface area is 187 Å². The molecular formula is C22H21N9O2. The summed E-state index contributed by atoms with van der Waals surface area (Å²) < 4.78 is 3.09. The summed E-state index contributed by atoms with van der Waals surface area (Å²) in [6.07, 6.45) is 3.11. The third-order valence-corrected chi connectivity index (χ3v) is 5.14. The van der Waals surface area contributed by atoms with E-state index < -0.39 is 5.60 Å². The van der Waals surface area contributed by atoms with E-state index in [-0.39, 0.29) is 12.1 Å². The van der Waals surface area contributed by atoms with Crippen LogP contribution >= 0.6 is 0 Å². The topological polar surface area (TPSA) is 139 Å². The number of anilines is 2. The molecule has 0 bridgehead atoms. The molecule has 0 aliphatic rings. The minimum absolute atomic E-state index is 0.245. The van der Waals surface area contributed by atoms with Gasteiger partial charge in [-0.05, 0) is 44.2 Å². The number of hydrogen-bond donors (Lipinski definition) is 3. The van der Waals surface area contributed by atoms with Crippen molar-refractivity contribution in [3.05, 3.63) is 71.3 Å². The number of aliphatic hydroxyl groups is 1. The molecule has 4 aromatic heterocycles. The van der Waals surface area contributed by atoms with Gasteiger partial charge in [0.25, 0.3) is 5.56 Å². The first-order chi connectivity index (χ1) is 15.8. The number of benzene rings is 1. The zero-order chi connectivity index (χ0) is 23.2. The number of aromatic amines is 1. The van der Waals surface area contributed by atoms with Crippen molar-refractivity contribution < 1.29 is 5.11 Å². The first-order valence-electron chi connectivity index (χ1n) is 10.2. The quantitative estimate of drug-likeness (QED) is 0.340. The van der Waals surface area contributed by atoms with E-state index in [1.807, 2.05) is 18.2 Å². The standard InChI is InChI=1S/C22H21N9O2/c1-4-10-30-20(32)14-12-23-21(24-13-8-9-15-16(11-13)28-29-27-15)26-19(14)31(30)18-7-5-6-17(25-18)22(2,3)33/h4-9,11-12,33H,1,10H2,2-3H3,(H,23,24,26)(H,27,28,29). The van der Waals surface area contributed by atoms with E-state index in [4.69, 9.17) is 0 Å². The van der Waals surface area contributed by atoms with Crippen LogP contribution in [-0.4, -0.2) is 44.8 Å². The summed E-state index contributed by atoms with van der Waals surface area (Å²) in [6, 6.07) is 10.8. The predicted octanol–water partition coefficient (Wildman–Crippen LogP) is 2.41. The van der Waals surface area contributed by atoms with Crippen molar-refractivity contribution in [1.82, 2.24) is 39.7 Å². The highest BCUT2D eigenvalue weighted by Crippen LogP contribution is 2.22. The van der Waals surface area contributed by atoms with E-state index in [9.17, 15) is 9.90 Å². The lowest BCUT2D eigenvalue weighted by molar-refractivity contribution is 0.0738. The fourth-order valence-electron chi connectivity index (χ4n) is 3.54. The molecule has 11 nitrogen and oxygen atoms in total. The van der Waals surface area contributed by atoms with Crippen LogP contribution in [0.25, 0.3) is 27.9 Å². The Morgan fingerprint density at radius 2 is 2.09 bits per heavy atom. The van der Waals surface area contributed by atoms with Crippen LogP contribution in [0.15, 0.2) is 60.0 Å². The molecule has 0 spiro atoms. The van der Waals surface area contributed by atoms with E-state index in [1.54, 1.807) is 42.8 Å². The molecule has 4 heterocycles. The van der Waals surface area contributed by atoms with Gasteiger partial charge in [0.15, 0.2) is 11.5 Å². The number of hydrogen-bond acceptors (Lipinski definition) is 8. The van der Waals surface area contributed by atoms with Gasteiger partial charge in [0.2, 0.25) is 5.95 Å². The Morgan fingerprint density at radius 1 is 1.24 bits per heavy atom. The van der Waals surface area contributed by atoms with Crippen molar-refractivity contribution in [1.29, 1.82) is 0 Å². The maximum atomic E-state index is 13.1. The Morgan fingerprint density at radius 3 is 2.88 bits per heavy atom. The second kappa shape index (κ2) is 7.64. The molecule has 0 aliphatic carbocycles. The maximum Gasteiger partial charge on any atom is 0.278 e. The van der Waals surface area contributed by atoms with Gasteiger partial charge in [0.05, 0.1) is 17.8 Å². The number of aromatic nitrogens is 8. The number of pyridine rings is 1. The highest BCUT2D eigenvalue weighted by atomic mass is 16.3. The molecule has 166 valence electrons. The molecule has 5 aromatic rings. The van der Waals surface area contributed by atoms with Crippen LogP contribution in [0.1, 0.15) is 19.5 Å². The lowest BCUT2D eigenvalue weighted by atomic mass is 10.1. The van der Waals surface area contributed by atoms with Crippen LogP contribution in [0.5, 0.6) is 0 Å². The van der Waals surface area contributed by atoms with Crippen LogP contribution in [0, 0.1) is 0 Å². The molecule has 0 atom stereocenters. The molecule has 0 radical (unpaired) electrons. The van der Waals surface area contributed by atoms with Gasteiger partial charge in [-0.25, -0.2) is 19.3 Å². The van der Waals surface area contributed by atoms with Gasteiger partial charge in [0, 0.05) is 11.9 Å².